The van der Waals surface area contributed by atoms with Crippen LogP contribution in [0.5, 0.6) is 28.7 Å². The van der Waals surface area contributed by atoms with Crippen molar-refractivity contribution < 1.29 is 30.3 Å². The summed E-state index contributed by atoms with van der Waals surface area (Å²) in [5.41, 5.74) is 0.894. The van der Waals surface area contributed by atoms with Crippen LogP contribution in [0.15, 0.2) is 30.3 Å². The maximum Gasteiger partial charge on any atom is 0.157 e. The first-order valence-electron chi connectivity index (χ1n) is 6.37. The van der Waals surface area contributed by atoms with Crippen molar-refractivity contribution in [3.05, 3.63) is 41.5 Å². The van der Waals surface area contributed by atoms with Crippen LogP contribution in [-0.2, 0) is 6.42 Å². The van der Waals surface area contributed by atoms with E-state index >= 15 is 0 Å². The number of aliphatic hydroxyl groups is 1. The summed E-state index contributed by atoms with van der Waals surface area (Å²) in [6, 6.07) is 6.67. The molecule has 0 spiro atoms. The molecule has 0 aromatic heterocycles. The van der Waals surface area contributed by atoms with Crippen molar-refractivity contribution in [2.24, 2.45) is 0 Å². The Morgan fingerprint density at radius 3 is 2.38 bits per heavy atom. The van der Waals surface area contributed by atoms with Crippen molar-refractivity contribution in [3.63, 3.8) is 0 Å². The number of hydrogen-bond acceptors (Lipinski definition) is 6. The minimum atomic E-state index is -0.933. The molecule has 2 atom stereocenters. The van der Waals surface area contributed by atoms with Gasteiger partial charge in [-0.3, -0.25) is 0 Å². The van der Waals surface area contributed by atoms with Gasteiger partial charge in [0.25, 0.3) is 0 Å². The van der Waals surface area contributed by atoms with E-state index in [4.69, 9.17) is 4.74 Å². The van der Waals surface area contributed by atoms with Crippen LogP contribution in [0.25, 0.3) is 0 Å². The molecular weight excluding hydrogens is 278 g/mol. The van der Waals surface area contributed by atoms with Crippen LogP contribution in [0.1, 0.15) is 17.2 Å². The van der Waals surface area contributed by atoms with E-state index in [1.54, 1.807) is 0 Å². The van der Waals surface area contributed by atoms with Gasteiger partial charge < -0.3 is 30.3 Å². The van der Waals surface area contributed by atoms with Crippen LogP contribution >= 0.6 is 0 Å². The number of aliphatic hydroxyl groups excluding tert-OH is 1. The third kappa shape index (κ3) is 2.30. The Kier molecular flexibility index (Phi) is 3.03. The molecule has 1 aliphatic rings. The quantitative estimate of drug-likeness (QED) is 0.403. The molecule has 0 radical (unpaired) electrons. The lowest BCUT2D eigenvalue weighted by Crippen LogP contribution is -2.30. The lowest BCUT2D eigenvalue weighted by molar-refractivity contribution is 0.0197. The summed E-state index contributed by atoms with van der Waals surface area (Å²) in [6.45, 7) is 0. The molecule has 2 aromatic rings. The fourth-order valence-electron chi connectivity index (χ4n) is 2.47. The number of fused-ring (bicyclic) bond motifs is 1. The zero-order valence-electron chi connectivity index (χ0n) is 10.9. The van der Waals surface area contributed by atoms with E-state index in [-0.39, 0.29) is 35.2 Å². The molecular formula is C15H14O6. The lowest BCUT2D eigenvalue weighted by Gasteiger charge is -2.31. The Balaban J connectivity index is 2.00. The highest BCUT2D eigenvalue weighted by Crippen LogP contribution is 2.42. The van der Waals surface area contributed by atoms with Crippen molar-refractivity contribution in [2.75, 3.05) is 0 Å². The second-order valence-corrected chi connectivity index (χ2v) is 5.00. The minimum Gasteiger partial charge on any atom is -0.508 e. The van der Waals surface area contributed by atoms with E-state index in [9.17, 15) is 25.5 Å². The molecule has 0 saturated heterocycles. The zero-order valence-corrected chi connectivity index (χ0v) is 10.9. The van der Waals surface area contributed by atoms with Gasteiger partial charge in [0.15, 0.2) is 11.5 Å². The number of rotatable bonds is 1. The van der Waals surface area contributed by atoms with Gasteiger partial charge in [-0.1, -0.05) is 6.07 Å². The predicted molar refractivity (Wildman–Crippen MR) is 72.6 cm³/mol. The average Bonchev–Trinajstić information content (AvgIpc) is 2.42. The first kappa shape index (κ1) is 13.4. The zero-order chi connectivity index (χ0) is 15.1. The number of benzene rings is 2. The highest BCUT2D eigenvalue weighted by atomic mass is 16.6. The molecule has 0 amide bonds. The topological polar surface area (TPSA) is 110 Å². The van der Waals surface area contributed by atoms with Crippen molar-refractivity contribution in [3.8, 4) is 28.7 Å². The summed E-state index contributed by atoms with van der Waals surface area (Å²) < 4.78 is 5.62. The van der Waals surface area contributed by atoms with Crippen LogP contribution in [0.4, 0.5) is 0 Å². The van der Waals surface area contributed by atoms with Crippen molar-refractivity contribution in [1.82, 2.24) is 0 Å². The molecule has 0 fully saturated rings. The number of phenols is 4. The highest BCUT2D eigenvalue weighted by Gasteiger charge is 2.32. The van der Waals surface area contributed by atoms with Gasteiger partial charge in [-0.25, -0.2) is 0 Å². The van der Waals surface area contributed by atoms with E-state index in [1.165, 1.54) is 30.3 Å². The van der Waals surface area contributed by atoms with E-state index in [0.29, 0.717) is 11.1 Å². The van der Waals surface area contributed by atoms with Crippen LogP contribution in [0, 0.1) is 0 Å². The van der Waals surface area contributed by atoms with Gasteiger partial charge in [0.2, 0.25) is 0 Å². The molecule has 6 heteroatoms. The van der Waals surface area contributed by atoms with E-state index in [2.05, 4.69) is 0 Å². The summed E-state index contributed by atoms with van der Waals surface area (Å²) in [5, 5.41) is 48.3. The lowest BCUT2D eigenvalue weighted by atomic mass is 10.1. The Morgan fingerprint density at radius 2 is 1.67 bits per heavy atom. The molecule has 0 aliphatic carbocycles. The van der Waals surface area contributed by atoms with Crippen LogP contribution < -0.4 is 4.74 Å². The first-order chi connectivity index (χ1) is 9.95. The number of hydrogen-bond donors (Lipinski definition) is 5. The third-order valence-electron chi connectivity index (χ3n) is 3.51. The molecule has 21 heavy (non-hydrogen) atoms. The minimum absolute atomic E-state index is 0.143. The summed E-state index contributed by atoms with van der Waals surface area (Å²) >= 11 is 0. The average molecular weight is 292 g/mol. The van der Waals surface area contributed by atoms with Crippen LogP contribution in [-0.4, -0.2) is 31.6 Å². The summed E-state index contributed by atoms with van der Waals surface area (Å²) in [4.78, 5) is 0. The van der Waals surface area contributed by atoms with E-state index in [1.807, 2.05) is 0 Å². The van der Waals surface area contributed by atoms with E-state index in [0.717, 1.165) is 0 Å². The molecule has 0 bridgehead atoms. The fraction of sp³-hybridized carbons (Fsp3) is 0.200. The van der Waals surface area contributed by atoms with Gasteiger partial charge in [-0.15, -0.1) is 0 Å². The molecule has 1 aliphatic heterocycles. The smallest absolute Gasteiger partial charge is 0.157 e. The second kappa shape index (κ2) is 4.75. The number of aromatic hydroxyl groups is 4. The number of phenolic OH excluding ortho intramolecular Hbond substituents is 4. The largest absolute Gasteiger partial charge is 0.508 e. The van der Waals surface area contributed by atoms with Crippen molar-refractivity contribution >= 4 is 0 Å². The predicted octanol–water partition coefficient (Wildman–Crippen LogP) is 1.55. The van der Waals surface area contributed by atoms with Gasteiger partial charge in [-0.05, 0) is 17.7 Å². The maximum absolute atomic E-state index is 10.2. The van der Waals surface area contributed by atoms with Crippen molar-refractivity contribution in [2.45, 2.75) is 18.6 Å². The van der Waals surface area contributed by atoms with Gasteiger partial charge in [-0.2, -0.15) is 0 Å². The molecule has 110 valence electrons. The van der Waals surface area contributed by atoms with Gasteiger partial charge in [0.05, 0.1) is 6.10 Å². The summed E-state index contributed by atoms with van der Waals surface area (Å²) in [7, 11) is 0. The van der Waals surface area contributed by atoms with Crippen molar-refractivity contribution in [1.29, 1.82) is 0 Å². The Hall–Kier alpha value is -2.60. The molecule has 3 rings (SSSR count). The normalized spacial score (nSPS) is 20.6. The maximum atomic E-state index is 10.2. The fourth-order valence-corrected chi connectivity index (χ4v) is 2.47. The molecule has 6 nitrogen and oxygen atoms in total. The first-order valence-corrected chi connectivity index (χ1v) is 6.37. The second-order valence-electron chi connectivity index (χ2n) is 5.00. The van der Waals surface area contributed by atoms with Crippen LogP contribution in [0.3, 0.4) is 0 Å². The van der Waals surface area contributed by atoms with Crippen LogP contribution in [0.2, 0.25) is 0 Å². The molecule has 1 heterocycles. The molecule has 0 saturated carbocycles. The summed E-state index contributed by atoms with van der Waals surface area (Å²) in [6.07, 6.45) is -1.56. The summed E-state index contributed by atoms with van der Waals surface area (Å²) in [5.74, 6) is -0.589. The SMILES string of the molecule is Oc1cc(O)c2c(c1)O[13C@H](c1ccc(O)c(O)c1)[13C@H](O)C2. The Morgan fingerprint density at radius 1 is 0.905 bits per heavy atom. The monoisotopic (exact) mass is 292 g/mol. The Labute approximate surface area is 120 Å². The van der Waals surface area contributed by atoms with Gasteiger partial charge in [0.1, 0.15) is 23.4 Å². The molecule has 2 aromatic carbocycles. The standard InChI is InChI=1S/C15H14O6/c16-8-4-11(18)9-6-13(20)15(21-14(9)5-8)7-1-2-10(17)12(19)3-7/h1-5,13,15-20H,6H2/t13-,15-/m1/s1/i13+1,15+1. The molecule has 0 unspecified atom stereocenters. The highest BCUT2D eigenvalue weighted by molar-refractivity contribution is 5.52. The van der Waals surface area contributed by atoms with Gasteiger partial charge >= 0.3 is 0 Å². The Bertz CT molecular complexity index is 697. The number of ether oxygens (including phenoxy) is 1. The third-order valence-corrected chi connectivity index (χ3v) is 3.51. The molecule has 5 N–H and O–H groups in total. The van der Waals surface area contributed by atoms with Gasteiger partial charge in [0, 0.05) is 24.1 Å². The van der Waals surface area contributed by atoms with E-state index < -0.39 is 12.2 Å².